The Morgan fingerprint density at radius 1 is 1.15 bits per heavy atom. The molecule has 0 bridgehead atoms. The molecular weight excluding hydrogens is 334 g/mol. The Hall–Kier alpha value is -1.26. The quantitative estimate of drug-likeness (QED) is 0.611. The monoisotopic (exact) mass is 349 g/mol. The fraction of sp³-hybridized carbons (Fsp3) is 0.188. The first-order valence-electron chi connectivity index (χ1n) is 6.42. The van der Waals surface area contributed by atoms with Crippen LogP contribution in [0.15, 0.2) is 53.4 Å². The molecule has 0 aliphatic heterocycles. The number of benzene rings is 2. The van der Waals surface area contributed by atoms with Crippen molar-refractivity contribution in [3.63, 3.8) is 0 Å². The van der Waals surface area contributed by atoms with Crippen LogP contribution in [0.4, 0.5) is 5.69 Å². The number of nitrogens with one attached hydrogen (secondary N) is 1. The topological polar surface area (TPSA) is 29.1 Å². The van der Waals surface area contributed by atoms with Crippen LogP contribution in [0, 0.1) is 0 Å². The molecule has 0 unspecified atom stereocenters. The van der Waals surface area contributed by atoms with E-state index in [4.69, 9.17) is 0 Å². The first-order chi connectivity index (χ1) is 9.74. The van der Waals surface area contributed by atoms with Crippen LogP contribution in [0.25, 0.3) is 0 Å². The van der Waals surface area contributed by atoms with E-state index in [0.717, 1.165) is 27.2 Å². The molecule has 1 amide bonds. The summed E-state index contributed by atoms with van der Waals surface area (Å²) in [6.45, 7) is 2.10. The number of halogens is 1. The van der Waals surface area contributed by atoms with Crippen molar-refractivity contribution in [3.05, 3.63) is 59.7 Å². The summed E-state index contributed by atoms with van der Waals surface area (Å²) in [6, 6.07) is 15.5. The van der Waals surface area contributed by atoms with E-state index in [-0.39, 0.29) is 5.91 Å². The van der Waals surface area contributed by atoms with Gasteiger partial charge in [0.15, 0.2) is 0 Å². The molecule has 0 spiro atoms. The predicted octanol–water partition coefficient (Wildman–Crippen LogP) is 4.95. The third kappa shape index (κ3) is 3.87. The zero-order valence-electron chi connectivity index (χ0n) is 11.2. The summed E-state index contributed by atoms with van der Waals surface area (Å²) in [7, 11) is 0. The van der Waals surface area contributed by atoms with E-state index in [1.807, 2.05) is 48.5 Å². The van der Waals surface area contributed by atoms with Gasteiger partial charge in [-0.1, -0.05) is 47.1 Å². The van der Waals surface area contributed by atoms with E-state index < -0.39 is 0 Å². The van der Waals surface area contributed by atoms with Gasteiger partial charge in [0.05, 0.1) is 5.69 Å². The molecule has 0 aromatic heterocycles. The largest absolute Gasteiger partial charge is 0.321 e. The second-order valence-corrected chi connectivity index (χ2v) is 6.08. The number of carbonyl (C=O) groups excluding carboxylic acids is 1. The van der Waals surface area contributed by atoms with Gasteiger partial charge in [-0.25, -0.2) is 0 Å². The Morgan fingerprint density at radius 2 is 1.85 bits per heavy atom. The fourth-order valence-electron chi connectivity index (χ4n) is 1.79. The van der Waals surface area contributed by atoms with Gasteiger partial charge in [-0.15, -0.1) is 11.8 Å². The second kappa shape index (κ2) is 7.50. The Labute approximate surface area is 132 Å². The molecule has 2 nitrogen and oxygen atoms in total. The normalized spacial score (nSPS) is 10.3. The highest BCUT2D eigenvalue weighted by atomic mass is 79.9. The van der Waals surface area contributed by atoms with Gasteiger partial charge >= 0.3 is 0 Å². The summed E-state index contributed by atoms with van der Waals surface area (Å²) in [6.07, 6.45) is 0. The molecule has 0 radical (unpaired) electrons. The van der Waals surface area contributed by atoms with E-state index in [2.05, 4.69) is 28.2 Å². The van der Waals surface area contributed by atoms with Crippen LogP contribution in [0.5, 0.6) is 0 Å². The third-order valence-corrected chi connectivity index (χ3v) is 4.41. The van der Waals surface area contributed by atoms with E-state index in [0.29, 0.717) is 5.56 Å². The van der Waals surface area contributed by atoms with Crippen LogP contribution in [-0.2, 0) is 5.33 Å². The lowest BCUT2D eigenvalue weighted by molar-refractivity contribution is 0.102. The zero-order valence-corrected chi connectivity index (χ0v) is 13.6. The molecule has 0 saturated carbocycles. The maximum Gasteiger partial charge on any atom is 0.255 e. The molecule has 0 fully saturated rings. The summed E-state index contributed by atoms with van der Waals surface area (Å²) >= 11 is 5.12. The minimum Gasteiger partial charge on any atom is -0.321 e. The smallest absolute Gasteiger partial charge is 0.255 e. The van der Waals surface area contributed by atoms with Gasteiger partial charge in [0, 0.05) is 15.8 Å². The Balaban J connectivity index is 2.14. The third-order valence-electron chi connectivity index (χ3n) is 2.81. The Kier molecular flexibility index (Phi) is 5.68. The number of anilines is 1. The molecule has 104 valence electrons. The molecule has 0 aliphatic rings. The number of hydrogen-bond acceptors (Lipinski definition) is 2. The van der Waals surface area contributed by atoms with Crippen molar-refractivity contribution in [3.8, 4) is 0 Å². The van der Waals surface area contributed by atoms with Crippen LogP contribution in [0.3, 0.4) is 0 Å². The standard InChI is InChI=1S/C16H16BrNOS/c1-2-20-15-6-4-3-5-14(15)18-16(19)13-9-7-12(11-17)8-10-13/h3-10H,2,11H2,1H3,(H,18,19). The highest BCUT2D eigenvalue weighted by Gasteiger charge is 2.08. The van der Waals surface area contributed by atoms with Crippen molar-refractivity contribution in [1.29, 1.82) is 0 Å². The summed E-state index contributed by atoms with van der Waals surface area (Å²) in [5.74, 6) is 0.905. The number of alkyl halides is 1. The number of thioether (sulfide) groups is 1. The number of hydrogen-bond donors (Lipinski definition) is 1. The van der Waals surface area contributed by atoms with Gasteiger partial charge in [0.25, 0.3) is 5.91 Å². The highest BCUT2D eigenvalue weighted by molar-refractivity contribution is 9.08. The zero-order chi connectivity index (χ0) is 14.4. The lowest BCUT2D eigenvalue weighted by atomic mass is 10.1. The molecule has 0 saturated heterocycles. The molecule has 0 heterocycles. The average Bonchev–Trinajstić information content (AvgIpc) is 2.49. The maximum absolute atomic E-state index is 12.2. The van der Waals surface area contributed by atoms with E-state index >= 15 is 0 Å². The van der Waals surface area contributed by atoms with Crippen molar-refractivity contribution in [2.24, 2.45) is 0 Å². The van der Waals surface area contributed by atoms with E-state index in [1.165, 1.54) is 0 Å². The lowest BCUT2D eigenvalue weighted by Gasteiger charge is -2.10. The van der Waals surface area contributed by atoms with Crippen molar-refractivity contribution < 1.29 is 4.79 Å². The first-order valence-corrected chi connectivity index (χ1v) is 8.53. The molecule has 2 aromatic rings. The SMILES string of the molecule is CCSc1ccccc1NC(=O)c1ccc(CBr)cc1. The minimum absolute atomic E-state index is 0.0738. The van der Waals surface area contributed by atoms with Crippen molar-refractivity contribution in [2.45, 2.75) is 17.1 Å². The lowest BCUT2D eigenvalue weighted by Crippen LogP contribution is -2.12. The minimum atomic E-state index is -0.0738. The van der Waals surface area contributed by atoms with Gasteiger partial charge in [-0.3, -0.25) is 4.79 Å². The van der Waals surface area contributed by atoms with Crippen LogP contribution >= 0.6 is 27.7 Å². The molecule has 2 aromatic carbocycles. The Morgan fingerprint density at radius 3 is 2.50 bits per heavy atom. The number of para-hydroxylation sites is 1. The van der Waals surface area contributed by atoms with Crippen LogP contribution in [0.1, 0.15) is 22.8 Å². The Bertz CT molecular complexity index is 583. The van der Waals surface area contributed by atoms with Crippen molar-refractivity contribution >= 4 is 39.3 Å². The van der Waals surface area contributed by atoms with E-state index in [9.17, 15) is 4.79 Å². The second-order valence-electron chi connectivity index (χ2n) is 4.21. The highest BCUT2D eigenvalue weighted by Crippen LogP contribution is 2.27. The maximum atomic E-state index is 12.2. The molecule has 2 rings (SSSR count). The van der Waals surface area contributed by atoms with Gasteiger partial charge in [-0.05, 0) is 35.6 Å². The van der Waals surface area contributed by atoms with E-state index in [1.54, 1.807) is 11.8 Å². The van der Waals surface area contributed by atoms with Crippen molar-refractivity contribution in [1.82, 2.24) is 0 Å². The van der Waals surface area contributed by atoms with Gasteiger partial charge in [0.2, 0.25) is 0 Å². The fourth-order valence-corrected chi connectivity index (χ4v) is 2.93. The summed E-state index contributed by atoms with van der Waals surface area (Å²) in [5, 5.41) is 3.77. The summed E-state index contributed by atoms with van der Waals surface area (Å²) in [4.78, 5) is 13.3. The number of amides is 1. The molecular formula is C16H16BrNOS. The van der Waals surface area contributed by atoms with Crippen LogP contribution in [0.2, 0.25) is 0 Å². The summed E-state index contributed by atoms with van der Waals surface area (Å²) < 4.78 is 0. The molecule has 0 atom stereocenters. The number of rotatable bonds is 5. The first kappa shape index (κ1) is 15.1. The van der Waals surface area contributed by atoms with Gasteiger partial charge in [-0.2, -0.15) is 0 Å². The van der Waals surface area contributed by atoms with Gasteiger partial charge in [0.1, 0.15) is 0 Å². The van der Waals surface area contributed by atoms with Gasteiger partial charge < -0.3 is 5.32 Å². The molecule has 1 N–H and O–H groups in total. The predicted molar refractivity (Wildman–Crippen MR) is 89.9 cm³/mol. The number of carbonyl (C=O) groups is 1. The van der Waals surface area contributed by atoms with Crippen molar-refractivity contribution in [2.75, 3.05) is 11.1 Å². The molecule has 4 heteroatoms. The summed E-state index contributed by atoms with van der Waals surface area (Å²) in [5.41, 5.74) is 2.70. The average molecular weight is 350 g/mol. The molecule has 0 aliphatic carbocycles. The van der Waals surface area contributed by atoms with Crippen LogP contribution in [-0.4, -0.2) is 11.7 Å². The van der Waals surface area contributed by atoms with Crippen LogP contribution < -0.4 is 5.32 Å². The molecule has 20 heavy (non-hydrogen) atoms.